The van der Waals surface area contributed by atoms with Crippen molar-refractivity contribution < 1.29 is 4.39 Å². The highest BCUT2D eigenvalue weighted by Gasteiger charge is 2.07. The molecule has 5 heteroatoms. The van der Waals surface area contributed by atoms with Crippen molar-refractivity contribution in [3.63, 3.8) is 0 Å². The molecule has 0 spiro atoms. The molecule has 2 heterocycles. The molecule has 0 saturated carbocycles. The van der Waals surface area contributed by atoms with Gasteiger partial charge >= 0.3 is 0 Å². The molecule has 1 aromatic carbocycles. The highest BCUT2D eigenvalue weighted by molar-refractivity contribution is 5.41. The minimum absolute atomic E-state index is 0.253. The summed E-state index contributed by atoms with van der Waals surface area (Å²) in [6.07, 6.45) is 2.24. The summed E-state index contributed by atoms with van der Waals surface area (Å²) in [5, 5.41) is 4.23. The quantitative estimate of drug-likeness (QED) is 0.700. The number of anilines is 1. The third-order valence-electron chi connectivity index (χ3n) is 2.70. The standard InChI is InChI=1S/C13H11FN4/c14-11-2-1-7-18-13(11)16-12(17-18)8-9-3-5-10(15)6-4-9/h1-7H,8,15H2. The third kappa shape index (κ3) is 1.90. The molecular weight excluding hydrogens is 231 g/mol. The molecule has 0 bridgehead atoms. The highest BCUT2D eigenvalue weighted by atomic mass is 19.1. The summed E-state index contributed by atoms with van der Waals surface area (Å²) in [6.45, 7) is 0. The predicted octanol–water partition coefficient (Wildman–Crippen LogP) is 2.04. The molecule has 2 N–H and O–H groups in total. The maximum absolute atomic E-state index is 13.5. The maximum Gasteiger partial charge on any atom is 0.191 e. The summed E-state index contributed by atoms with van der Waals surface area (Å²) in [6, 6.07) is 10.5. The number of pyridine rings is 1. The van der Waals surface area contributed by atoms with E-state index in [1.54, 1.807) is 12.3 Å². The van der Waals surface area contributed by atoms with E-state index in [0.29, 0.717) is 17.9 Å². The highest BCUT2D eigenvalue weighted by Crippen LogP contribution is 2.11. The van der Waals surface area contributed by atoms with Gasteiger partial charge in [0.1, 0.15) is 0 Å². The molecular formula is C13H11FN4. The Hall–Kier alpha value is -2.43. The van der Waals surface area contributed by atoms with Crippen LogP contribution in [-0.2, 0) is 6.42 Å². The molecule has 4 nitrogen and oxygen atoms in total. The normalized spacial score (nSPS) is 10.9. The molecule has 0 radical (unpaired) electrons. The Bertz CT molecular complexity index is 688. The van der Waals surface area contributed by atoms with Crippen molar-refractivity contribution in [2.24, 2.45) is 0 Å². The lowest BCUT2D eigenvalue weighted by Crippen LogP contribution is -1.92. The topological polar surface area (TPSA) is 56.2 Å². The summed E-state index contributed by atoms with van der Waals surface area (Å²) >= 11 is 0. The van der Waals surface area contributed by atoms with Gasteiger partial charge in [-0.05, 0) is 29.8 Å². The lowest BCUT2D eigenvalue weighted by molar-refractivity contribution is 0.627. The number of hydrogen-bond acceptors (Lipinski definition) is 3. The fourth-order valence-electron chi connectivity index (χ4n) is 1.81. The Labute approximate surface area is 103 Å². The van der Waals surface area contributed by atoms with Crippen LogP contribution in [0.15, 0.2) is 42.6 Å². The van der Waals surface area contributed by atoms with Gasteiger partial charge < -0.3 is 5.73 Å². The minimum atomic E-state index is -0.367. The van der Waals surface area contributed by atoms with E-state index < -0.39 is 0 Å². The van der Waals surface area contributed by atoms with E-state index >= 15 is 0 Å². The van der Waals surface area contributed by atoms with Gasteiger partial charge in [0.25, 0.3) is 0 Å². The molecule has 3 rings (SSSR count). The first-order valence-corrected chi connectivity index (χ1v) is 5.56. The van der Waals surface area contributed by atoms with E-state index in [9.17, 15) is 4.39 Å². The number of nitrogens with two attached hydrogens (primary N) is 1. The lowest BCUT2D eigenvalue weighted by atomic mass is 10.1. The van der Waals surface area contributed by atoms with Gasteiger partial charge in [0.15, 0.2) is 17.3 Å². The Balaban J connectivity index is 1.95. The predicted molar refractivity (Wildman–Crippen MR) is 66.6 cm³/mol. The molecule has 0 saturated heterocycles. The first-order chi connectivity index (χ1) is 8.72. The molecule has 0 amide bonds. The largest absolute Gasteiger partial charge is 0.399 e. The van der Waals surface area contributed by atoms with Crippen LogP contribution in [0.5, 0.6) is 0 Å². The summed E-state index contributed by atoms with van der Waals surface area (Å²) in [7, 11) is 0. The van der Waals surface area contributed by atoms with Gasteiger partial charge in [-0.3, -0.25) is 0 Å². The van der Waals surface area contributed by atoms with Crippen LogP contribution in [-0.4, -0.2) is 14.6 Å². The van der Waals surface area contributed by atoms with Gasteiger partial charge in [0.2, 0.25) is 0 Å². The van der Waals surface area contributed by atoms with Crippen LogP contribution in [0.1, 0.15) is 11.4 Å². The Morgan fingerprint density at radius 3 is 2.67 bits per heavy atom. The summed E-state index contributed by atoms with van der Waals surface area (Å²) in [5.41, 5.74) is 7.63. The molecule has 0 aliphatic rings. The fourth-order valence-corrected chi connectivity index (χ4v) is 1.81. The van der Waals surface area contributed by atoms with E-state index in [1.807, 2.05) is 24.3 Å². The second kappa shape index (κ2) is 4.10. The number of aromatic nitrogens is 3. The van der Waals surface area contributed by atoms with E-state index in [4.69, 9.17) is 5.73 Å². The minimum Gasteiger partial charge on any atom is -0.399 e. The van der Waals surface area contributed by atoms with E-state index in [-0.39, 0.29) is 11.5 Å². The summed E-state index contributed by atoms with van der Waals surface area (Å²) < 4.78 is 14.9. The Kier molecular flexibility index (Phi) is 2.44. The number of rotatable bonds is 2. The number of nitrogens with zero attached hydrogens (tertiary/aromatic N) is 3. The number of halogens is 1. The monoisotopic (exact) mass is 242 g/mol. The van der Waals surface area contributed by atoms with Crippen molar-refractivity contribution in [2.45, 2.75) is 6.42 Å². The van der Waals surface area contributed by atoms with Crippen molar-refractivity contribution in [3.8, 4) is 0 Å². The second-order valence-electron chi connectivity index (χ2n) is 4.07. The number of fused-ring (bicyclic) bond motifs is 1. The first kappa shape index (κ1) is 10.7. The van der Waals surface area contributed by atoms with Crippen LogP contribution in [0.25, 0.3) is 5.65 Å². The van der Waals surface area contributed by atoms with Crippen molar-refractivity contribution in [3.05, 3.63) is 59.8 Å². The van der Waals surface area contributed by atoms with Crippen molar-refractivity contribution in [1.82, 2.24) is 14.6 Å². The van der Waals surface area contributed by atoms with Gasteiger partial charge in [0.05, 0.1) is 0 Å². The van der Waals surface area contributed by atoms with Crippen LogP contribution < -0.4 is 5.73 Å². The van der Waals surface area contributed by atoms with Crippen LogP contribution in [0.3, 0.4) is 0 Å². The fraction of sp³-hybridized carbons (Fsp3) is 0.0769. The van der Waals surface area contributed by atoms with E-state index in [1.165, 1.54) is 10.6 Å². The van der Waals surface area contributed by atoms with E-state index in [0.717, 1.165) is 5.56 Å². The van der Waals surface area contributed by atoms with Gasteiger partial charge in [-0.15, -0.1) is 0 Å². The van der Waals surface area contributed by atoms with Gasteiger partial charge in [0, 0.05) is 18.3 Å². The third-order valence-corrected chi connectivity index (χ3v) is 2.70. The molecule has 0 aliphatic carbocycles. The summed E-state index contributed by atoms with van der Waals surface area (Å²) in [5.74, 6) is 0.221. The molecule has 2 aromatic heterocycles. The molecule has 3 aromatic rings. The smallest absolute Gasteiger partial charge is 0.191 e. The SMILES string of the molecule is Nc1ccc(Cc2nc3c(F)cccn3n2)cc1. The summed E-state index contributed by atoms with van der Waals surface area (Å²) in [4.78, 5) is 4.18. The van der Waals surface area contributed by atoms with Crippen LogP contribution >= 0.6 is 0 Å². The van der Waals surface area contributed by atoms with E-state index in [2.05, 4.69) is 10.1 Å². The molecule has 18 heavy (non-hydrogen) atoms. The van der Waals surface area contributed by atoms with Crippen LogP contribution in [0.4, 0.5) is 10.1 Å². The average molecular weight is 242 g/mol. The van der Waals surface area contributed by atoms with Crippen LogP contribution in [0.2, 0.25) is 0 Å². The Morgan fingerprint density at radius 2 is 1.94 bits per heavy atom. The molecule has 0 aliphatic heterocycles. The van der Waals surface area contributed by atoms with Gasteiger partial charge in [-0.2, -0.15) is 5.10 Å². The van der Waals surface area contributed by atoms with Gasteiger partial charge in [-0.1, -0.05) is 12.1 Å². The second-order valence-corrected chi connectivity index (χ2v) is 4.07. The maximum atomic E-state index is 13.5. The first-order valence-electron chi connectivity index (χ1n) is 5.56. The van der Waals surface area contributed by atoms with Crippen molar-refractivity contribution in [1.29, 1.82) is 0 Å². The Morgan fingerprint density at radius 1 is 1.17 bits per heavy atom. The zero-order valence-electron chi connectivity index (χ0n) is 9.55. The lowest BCUT2D eigenvalue weighted by Gasteiger charge is -1.97. The number of nitrogen functional groups attached to an aromatic ring is 1. The number of hydrogen-bond donors (Lipinski definition) is 1. The van der Waals surface area contributed by atoms with Crippen LogP contribution in [0, 0.1) is 5.82 Å². The molecule has 0 fully saturated rings. The average Bonchev–Trinajstić information content (AvgIpc) is 2.76. The molecule has 0 unspecified atom stereocenters. The molecule has 90 valence electrons. The van der Waals surface area contributed by atoms with Crippen molar-refractivity contribution in [2.75, 3.05) is 5.73 Å². The zero-order chi connectivity index (χ0) is 12.5. The molecule has 0 atom stereocenters. The van der Waals surface area contributed by atoms with Gasteiger partial charge in [-0.25, -0.2) is 13.9 Å². The number of benzene rings is 1. The zero-order valence-corrected chi connectivity index (χ0v) is 9.55. The van der Waals surface area contributed by atoms with Crippen molar-refractivity contribution >= 4 is 11.3 Å².